The number of benzene rings is 2. The largest absolute Gasteiger partial charge is 0.493 e. The Balaban J connectivity index is 1.54. The van der Waals surface area contributed by atoms with E-state index in [4.69, 9.17) is 37.4 Å². The Kier molecular flexibility index (Phi) is 8.21. The van der Waals surface area contributed by atoms with E-state index in [1.807, 2.05) is 0 Å². The number of hydrogen-bond acceptors (Lipinski definition) is 7. The van der Waals surface area contributed by atoms with Crippen LogP contribution in [0.25, 0.3) is 0 Å². The first-order chi connectivity index (χ1) is 17.1. The second-order valence-corrected chi connectivity index (χ2v) is 11.4. The van der Waals surface area contributed by atoms with Crippen LogP contribution in [0.1, 0.15) is 19.3 Å². The van der Waals surface area contributed by atoms with Gasteiger partial charge in [0.15, 0.2) is 11.5 Å². The molecule has 2 heterocycles. The molecule has 1 unspecified atom stereocenters. The molecule has 9 nitrogen and oxygen atoms in total. The quantitative estimate of drug-likeness (QED) is 0.530. The van der Waals surface area contributed by atoms with Gasteiger partial charge in [-0.05, 0) is 49.6 Å². The lowest BCUT2D eigenvalue weighted by atomic mass is 9.96. The second kappa shape index (κ2) is 11.0. The molecule has 4 rings (SSSR count). The van der Waals surface area contributed by atoms with E-state index in [1.165, 1.54) is 37.3 Å². The molecule has 196 valence electrons. The van der Waals surface area contributed by atoms with Gasteiger partial charge in [0.05, 0.1) is 37.8 Å². The summed E-state index contributed by atoms with van der Waals surface area (Å²) in [6.07, 6.45) is 0.345. The molecule has 0 radical (unpaired) electrons. The summed E-state index contributed by atoms with van der Waals surface area (Å²) in [7, 11) is -1.10. The number of rotatable bonds is 8. The summed E-state index contributed by atoms with van der Waals surface area (Å²) in [6.45, 7) is 0.309. The zero-order valence-corrected chi connectivity index (χ0v) is 22.2. The van der Waals surface area contributed by atoms with Crippen LogP contribution in [0.2, 0.25) is 10.0 Å². The highest BCUT2D eigenvalue weighted by Gasteiger charge is 2.49. The van der Waals surface area contributed by atoms with Crippen LogP contribution in [0.4, 0.5) is 0 Å². The van der Waals surface area contributed by atoms with Crippen molar-refractivity contribution < 1.29 is 32.5 Å². The summed E-state index contributed by atoms with van der Waals surface area (Å²) >= 11 is 12.1. The highest BCUT2D eigenvalue weighted by Crippen LogP contribution is 2.36. The maximum Gasteiger partial charge on any atom is 0.244 e. The molecular weight excluding hydrogens is 531 g/mol. The van der Waals surface area contributed by atoms with Crippen LogP contribution in [0.5, 0.6) is 17.2 Å². The molecule has 12 heteroatoms. The Hall–Kier alpha value is -2.24. The van der Waals surface area contributed by atoms with Crippen LogP contribution >= 0.6 is 23.2 Å². The molecule has 0 aromatic heterocycles. The highest BCUT2D eigenvalue weighted by atomic mass is 35.5. The van der Waals surface area contributed by atoms with Crippen LogP contribution in [0, 0.1) is 0 Å². The highest BCUT2D eigenvalue weighted by molar-refractivity contribution is 7.89. The van der Waals surface area contributed by atoms with Gasteiger partial charge >= 0.3 is 0 Å². The second-order valence-electron chi connectivity index (χ2n) is 8.67. The number of halogens is 2. The van der Waals surface area contributed by atoms with Gasteiger partial charge in [-0.2, -0.15) is 4.31 Å². The summed E-state index contributed by atoms with van der Waals surface area (Å²) < 4.78 is 44.8. The third-order valence-corrected chi connectivity index (χ3v) is 8.80. The van der Waals surface area contributed by atoms with E-state index >= 15 is 0 Å². The summed E-state index contributed by atoms with van der Waals surface area (Å²) in [5, 5.41) is 11.3. The van der Waals surface area contributed by atoms with Crippen molar-refractivity contribution in [3.8, 4) is 17.2 Å². The smallest absolute Gasteiger partial charge is 0.244 e. The summed E-state index contributed by atoms with van der Waals surface area (Å²) in [4.78, 5) is 14.9. The molecule has 2 aromatic carbocycles. The van der Waals surface area contributed by atoms with Crippen molar-refractivity contribution in [2.24, 2.45) is 0 Å². The first-order valence-corrected chi connectivity index (χ1v) is 13.7. The van der Waals surface area contributed by atoms with E-state index in [9.17, 15) is 18.3 Å². The van der Waals surface area contributed by atoms with E-state index in [-0.39, 0.29) is 40.5 Å². The number of aliphatic hydroxyl groups excluding tert-OH is 1. The number of carbonyl (C=O) groups excluding carboxylic acids is 1. The number of methoxy groups -OCH3 is 2. The van der Waals surface area contributed by atoms with Crippen LogP contribution in [0.3, 0.4) is 0 Å². The number of piperidine rings is 1. The number of fused-ring (bicyclic) bond motifs is 2. The van der Waals surface area contributed by atoms with Gasteiger partial charge in [-0.3, -0.25) is 4.79 Å². The average molecular weight is 559 g/mol. The number of carbonyl (C=O) groups is 1. The maximum absolute atomic E-state index is 13.6. The number of nitrogens with zero attached hydrogens (tertiary/aromatic N) is 2. The van der Waals surface area contributed by atoms with Gasteiger partial charge in [-0.1, -0.05) is 23.2 Å². The average Bonchev–Trinajstić information content (AvgIpc) is 2.91. The van der Waals surface area contributed by atoms with Crippen LogP contribution in [-0.2, 0) is 14.8 Å². The number of sulfonamides is 1. The van der Waals surface area contributed by atoms with E-state index in [0.717, 1.165) is 4.31 Å². The molecule has 2 aromatic rings. The predicted octanol–water partition coefficient (Wildman–Crippen LogP) is 3.20. The fraction of sp³-hybridized carbons (Fsp3) is 0.458. The Bertz CT molecular complexity index is 1210. The lowest BCUT2D eigenvalue weighted by Gasteiger charge is -2.39. The minimum atomic E-state index is -4.16. The third kappa shape index (κ3) is 5.38. The topological polar surface area (TPSA) is 106 Å². The number of ether oxygens (including phenoxy) is 3. The normalized spacial score (nSPS) is 22.8. The van der Waals surface area contributed by atoms with Crippen molar-refractivity contribution in [1.82, 2.24) is 9.21 Å². The molecule has 2 bridgehead atoms. The first kappa shape index (κ1) is 26.8. The van der Waals surface area contributed by atoms with Gasteiger partial charge in [0, 0.05) is 22.7 Å². The van der Waals surface area contributed by atoms with Crippen molar-refractivity contribution in [2.75, 3.05) is 33.9 Å². The Morgan fingerprint density at radius 3 is 2.39 bits per heavy atom. The first-order valence-electron chi connectivity index (χ1n) is 11.5. The Morgan fingerprint density at radius 2 is 1.72 bits per heavy atom. The fourth-order valence-corrected chi connectivity index (χ4v) is 7.36. The number of aliphatic hydroxyl groups is 1. The zero-order chi connectivity index (χ0) is 26.0. The molecule has 2 aliphatic heterocycles. The molecule has 3 atom stereocenters. The monoisotopic (exact) mass is 558 g/mol. The van der Waals surface area contributed by atoms with Crippen molar-refractivity contribution in [2.45, 2.75) is 42.3 Å². The number of hydrogen-bond donors (Lipinski definition) is 1. The summed E-state index contributed by atoms with van der Waals surface area (Å²) in [5.41, 5.74) is 0. The maximum atomic E-state index is 13.6. The van der Waals surface area contributed by atoms with Crippen LogP contribution in [0.15, 0.2) is 41.3 Å². The van der Waals surface area contributed by atoms with Gasteiger partial charge in [0.1, 0.15) is 18.4 Å². The van der Waals surface area contributed by atoms with E-state index in [0.29, 0.717) is 36.5 Å². The molecule has 2 fully saturated rings. The lowest BCUT2D eigenvalue weighted by molar-refractivity contribution is -0.135. The molecule has 2 aliphatic rings. The minimum absolute atomic E-state index is 0.00237. The van der Waals surface area contributed by atoms with Crippen LogP contribution < -0.4 is 14.2 Å². The zero-order valence-electron chi connectivity index (χ0n) is 19.9. The predicted molar refractivity (Wildman–Crippen MR) is 135 cm³/mol. The van der Waals surface area contributed by atoms with Crippen molar-refractivity contribution in [1.29, 1.82) is 0 Å². The van der Waals surface area contributed by atoms with Gasteiger partial charge in [-0.15, -0.1) is 0 Å². The Morgan fingerprint density at radius 1 is 1.03 bits per heavy atom. The molecule has 2 saturated heterocycles. The van der Waals surface area contributed by atoms with Gasteiger partial charge in [0.25, 0.3) is 0 Å². The van der Waals surface area contributed by atoms with Gasteiger partial charge in [-0.25, -0.2) is 8.42 Å². The number of amides is 1. The summed E-state index contributed by atoms with van der Waals surface area (Å²) in [5.74, 6) is 1.22. The standard InChI is InChI=1S/C24H28Cl2N2O7S/c1-33-22-7-6-17(13-23(22)34-2)35-9-8-27-14-21(29)19-4-3-5-20(24(27)30)28(19)36(31,32)18-11-15(25)10-16(26)12-18/h6-7,10-13,19-21,29H,3-5,8-9,14H2,1-2H3/t19-,20?,21-/m0/s1. The van der Waals surface area contributed by atoms with Crippen molar-refractivity contribution in [3.05, 3.63) is 46.4 Å². The molecular formula is C24H28Cl2N2O7S. The van der Waals surface area contributed by atoms with Crippen LogP contribution in [-0.4, -0.2) is 80.7 Å². The molecule has 0 spiro atoms. The van der Waals surface area contributed by atoms with E-state index < -0.39 is 28.2 Å². The summed E-state index contributed by atoms with van der Waals surface area (Å²) in [6, 6.07) is 7.46. The van der Waals surface area contributed by atoms with Gasteiger partial charge < -0.3 is 24.2 Å². The van der Waals surface area contributed by atoms with Crippen molar-refractivity contribution >= 4 is 39.1 Å². The van der Waals surface area contributed by atoms with E-state index in [1.54, 1.807) is 18.2 Å². The fourth-order valence-electron chi connectivity index (χ4n) is 4.77. The third-order valence-electron chi connectivity index (χ3n) is 6.46. The minimum Gasteiger partial charge on any atom is -0.493 e. The molecule has 1 N–H and O–H groups in total. The SMILES string of the molecule is COc1ccc(OCCN2C[C@H](O)[C@@H]3CCCC(C2=O)N3S(=O)(=O)c2cc(Cl)cc(Cl)c2)cc1OC. The number of β-amino-alcohol motifs (C(OH)–C–C–N with tert-alkyl or cyclic N) is 1. The molecule has 1 amide bonds. The lowest BCUT2D eigenvalue weighted by Crippen LogP contribution is -2.55. The van der Waals surface area contributed by atoms with E-state index in [2.05, 4.69) is 0 Å². The molecule has 0 aliphatic carbocycles. The molecule has 0 saturated carbocycles. The van der Waals surface area contributed by atoms with Crippen molar-refractivity contribution in [3.63, 3.8) is 0 Å². The molecule has 36 heavy (non-hydrogen) atoms. The Labute approximate surface area is 220 Å². The van der Waals surface area contributed by atoms with Gasteiger partial charge in [0.2, 0.25) is 15.9 Å².